The Morgan fingerprint density at radius 3 is 2.22 bits per heavy atom. The molecule has 0 amide bonds. The number of carbonyl (C=O) groups is 2. The smallest absolute Gasteiger partial charge is 0.197 e. The van der Waals surface area contributed by atoms with E-state index >= 15 is 0 Å². The average Bonchev–Trinajstić information content (AvgIpc) is 2.63. The second kappa shape index (κ2) is 4.83. The van der Waals surface area contributed by atoms with Crippen molar-refractivity contribution in [2.45, 2.75) is 23.7 Å². The first-order chi connectivity index (χ1) is 12.8. The number of aromatic hydroxyl groups is 2. The lowest BCUT2D eigenvalue weighted by Gasteiger charge is -2.48. The Balaban J connectivity index is 2.00. The van der Waals surface area contributed by atoms with Crippen molar-refractivity contribution in [3.63, 3.8) is 0 Å². The van der Waals surface area contributed by atoms with Crippen LogP contribution in [0.25, 0.3) is 11.1 Å². The molecule has 2 aromatic carbocycles. The maximum atomic E-state index is 12.5. The lowest BCUT2D eigenvalue weighted by atomic mass is 9.59. The van der Waals surface area contributed by atoms with Crippen LogP contribution in [0.3, 0.4) is 0 Å². The first-order valence-corrected chi connectivity index (χ1v) is 8.36. The van der Waals surface area contributed by atoms with E-state index in [1.807, 2.05) is 0 Å². The van der Waals surface area contributed by atoms with Gasteiger partial charge in [0.25, 0.3) is 0 Å². The second-order valence-electron chi connectivity index (χ2n) is 7.10. The van der Waals surface area contributed by atoms with Crippen LogP contribution in [0.15, 0.2) is 36.4 Å². The maximum absolute atomic E-state index is 12.5. The molecule has 0 saturated carbocycles. The molecule has 5 N–H and O–H groups in total. The second-order valence-corrected chi connectivity index (χ2v) is 7.10. The highest BCUT2D eigenvalue weighted by molar-refractivity contribution is 6.12. The molecule has 3 aliphatic carbocycles. The first kappa shape index (κ1) is 16.2. The van der Waals surface area contributed by atoms with Crippen LogP contribution in [0.1, 0.15) is 37.8 Å². The van der Waals surface area contributed by atoms with Crippen LogP contribution in [0.5, 0.6) is 11.5 Å². The van der Waals surface area contributed by atoms with E-state index < -0.39 is 35.3 Å². The fourth-order valence-corrected chi connectivity index (χ4v) is 4.67. The number of benzene rings is 2. The van der Waals surface area contributed by atoms with Crippen LogP contribution >= 0.6 is 0 Å². The molecule has 0 aliphatic heterocycles. The number of fused-ring (bicyclic) bond motifs is 2. The zero-order valence-corrected chi connectivity index (χ0v) is 13.7. The third kappa shape index (κ3) is 1.71. The lowest BCUT2D eigenvalue weighted by molar-refractivity contribution is -0.0549. The predicted octanol–water partition coefficient (Wildman–Crippen LogP) is 0.720. The number of carbonyl (C=O) groups excluding carboxylic acids is 2. The molecule has 136 valence electrons. The average molecular weight is 366 g/mol. The van der Waals surface area contributed by atoms with Gasteiger partial charge in [0.05, 0.1) is 23.1 Å². The fourth-order valence-electron chi connectivity index (χ4n) is 4.67. The van der Waals surface area contributed by atoms with E-state index in [0.717, 1.165) is 6.08 Å². The van der Waals surface area contributed by atoms with Crippen LogP contribution in [-0.2, 0) is 5.60 Å². The Kier molecular flexibility index (Phi) is 2.90. The van der Waals surface area contributed by atoms with Crippen molar-refractivity contribution in [3.05, 3.63) is 58.7 Å². The fraction of sp³-hybridized carbons (Fsp3) is 0.200. The van der Waals surface area contributed by atoms with Crippen LogP contribution in [0, 0.1) is 0 Å². The zero-order valence-electron chi connectivity index (χ0n) is 13.7. The molecule has 3 aliphatic rings. The number of phenolic OH excluding ortho intramolecular Hbond substituents is 2. The molecule has 0 fully saturated rings. The van der Waals surface area contributed by atoms with Gasteiger partial charge in [-0.1, -0.05) is 12.1 Å². The SMILES string of the molecule is O=C1C=C[C@]2(O)c3c(ccc(O)c31)-c1ccc(O)c3c1C2[C@@H](O)[C@H](O)C3=O. The first-order valence-electron chi connectivity index (χ1n) is 8.36. The molecular weight excluding hydrogens is 352 g/mol. The summed E-state index contributed by atoms with van der Waals surface area (Å²) in [7, 11) is 0. The molecule has 0 aromatic heterocycles. The van der Waals surface area contributed by atoms with Gasteiger partial charge in [-0.25, -0.2) is 0 Å². The van der Waals surface area contributed by atoms with E-state index in [9.17, 15) is 35.1 Å². The van der Waals surface area contributed by atoms with Crippen molar-refractivity contribution in [1.29, 1.82) is 0 Å². The number of phenols is 2. The minimum Gasteiger partial charge on any atom is -0.507 e. The van der Waals surface area contributed by atoms with Gasteiger partial charge in [0, 0.05) is 5.56 Å². The summed E-state index contributed by atoms with van der Waals surface area (Å²) in [5.41, 5.74) is -1.02. The molecule has 0 radical (unpaired) electrons. The van der Waals surface area contributed by atoms with E-state index in [-0.39, 0.29) is 33.8 Å². The van der Waals surface area contributed by atoms with Crippen molar-refractivity contribution in [2.24, 2.45) is 0 Å². The molecule has 27 heavy (non-hydrogen) atoms. The van der Waals surface area contributed by atoms with Gasteiger partial charge in [0.1, 0.15) is 23.2 Å². The van der Waals surface area contributed by atoms with E-state index in [4.69, 9.17) is 0 Å². The van der Waals surface area contributed by atoms with Gasteiger partial charge in [-0.2, -0.15) is 0 Å². The Hall–Kier alpha value is -3.00. The highest BCUT2D eigenvalue weighted by Crippen LogP contribution is 2.58. The molecule has 7 heteroatoms. The van der Waals surface area contributed by atoms with Crippen molar-refractivity contribution < 1.29 is 35.1 Å². The van der Waals surface area contributed by atoms with Crippen LogP contribution < -0.4 is 0 Å². The Labute approximate surface area is 152 Å². The zero-order chi connectivity index (χ0) is 19.2. The van der Waals surface area contributed by atoms with Gasteiger partial charge >= 0.3 is 0 Å². The van der Waals surface area contributed by atoms with E-state index in [0.29, 0.717) is 11.1 Å². The number of hydrogen-bond donors (Lipinski definition) is 5. The predicted molar refractivity (Wildman–Crippen MR) is 91.7 cm³/mol. The van der Waals surface area contributed by atoms with E-state index in [1.165, 1.54) is 30.3 Å². The van der Waals surface area contributed by atoms with Crippen molar-refractivity contribution in [2.75, 3.05) is 0 Å². The van der Waals surface area contributed by atoms with Gasteiger partial charge in [0.2, 0.25) is 0 Å². The van der Waals surface area contributed by atoms with Gasteiger partial charge in [-0.05, 0) is 41.0 Å². The number of allylic oxidation sites excluding steroid dienone is 1. The summed E-state index contributed by atoms with van der Waals surface area (Å²) >= 11 is 0. The Morgan fingerprint density at radius 1 is 0.889 bits per heavy atom. The molecule has 7 nitrogen and oxygen atoms in total. The van der Waals surface area contributed by atoms with Crippen LogP contribution in [-0.4, -0.2) is 49.3 Å². The van der Waals surface area contributed by atoms with Gasteiger partial charge in [-0.15, -0.1) is 0 Å². The van der Waals surface area contributed by atoms with Gasteiger partial charge < -0.3 is 25.5 Å². The third-order valence-corrected chi connectivity index (χ3v) is 5.80. The quantitative estimate of drug-likeness (QED) is 0.464. The van der Waals surface area contributed by atoms with Gasteiger partial charge in [-0.3, -0.25) is 9.59 Å². The summed E-state index contributed by atoms with van der Waals surface area (Å²) in [6.07, 6.45) is -1.22. The van der Waals surface area contributed by atoms with Crippen molar-refractivity contribution in [3.8, 4) is 22.6 Å². The molecule has 0 spiro atoms. The number of hydrogen-bond acceptors (Lipinski definition) is 7. The van der Waals surface area contributed by atoms with Gasteiger partial charge in [0.15, 0.2) is 11.6 Å². The number of aliphatic hydroxyl groups is 3. The normalized spacial score (nSPS) is 30.1. The van der Waals surface area contributed by atoms with Crippen LogP contribution in [0.2, 0.25) is 0 Å². The Morgan fingerprint density at radius 2 is 1.52 bits per heavy atom. The summed E-state index contributed by atoms with van der Waals surface area (Å²) in [5, 5.41) is 52.9. The summed E-state index contributed by atoms with van der Waals surface area (Å²) in [6.45, 7) is 0. The molecule has 4 atom stereocenters. The largest absolute Gasteiger partial charge is 0.507 e. The summed E-state index contributed by atoms with van der Waals surface area (Å²) < 4.78 is 0. The molecule has 5 rings (SSSR count). The monoisotopic (exact) mass is 366 g/mol. The number of Topliss-reactive ketones (excluding diaryl/α,β-unsaturated/α-hetero) is 1. The Bertz CT molecular complexity index is 1100. The minimum atomic E-state index is -1.95. The number of ketones is 2. The van der Waals surface area contributed by atoms with Crippen molar-refractivity contribution in [1.82, 2.24) is 0 Å². The molecule has 2 aromatic rings. The molecule has 1 unspecified atom stereocenters. The highest BCUT2D eigenvalue weighted by atomic mass is 16.3. The van der Waals surface area contributed by atoms with Crippen LogP contribution in [0.4, 0.5) is 0 Å². The maximum Gasteiger partial charge on any atom is 0.197 e. The standard InChI is InChI=1S/C20H14O7/c21-9-4-2-8-7-1-3-10(22)14-12(7)16(18(25)19(26)17(14)24)20(27)6-5-11(23)13(9)15(8)20/h1-6,16,18-19,21-22,25-27H/t16?,18-,19-,20+/m1/s1. The van der Waals surface area contributed by atoms with Crippen molar-refractivity contribution >= 4 is 11.6 Å². The number of rotatable bonds is 0. The summed E-state index contributed by atoms with van der Waals surface area (Å²) in [4.78, 5) is 24.9. The molecule has 0 saturated heterocycles. The minimum absolute atomic E-state index is 0.0867. The summed E-state index contributed by atoms with van der Waals surface area (Å²) in [5.74, 6) is -3.23. The third-order valence-electron chi connectivity index (χ3n) is 5.80. The number of aliphatic hydroxyl groups excluding tert-OH is 2. The highest BCUT2D eigenvalue weighted by Gasteiger charge is 2.57. The van der Waals surface area contributed by atoms with E-state index in [2.05, 4.69) is 0 Å². The lowest BCUT2D eigenvalue weighted by Crippen LogP contribution is -2.53. The van der Waals surface area contributed by atoms with E-state index in [1.54, 1.807) is 0 Å². The topological polar surface area (TPSA) is 135 Å². The molecule has 0 heterocycles. The molecule has 0 bridgehead atoms. The molecular formula is C20H14O7. The summed E-state index contributed by atoms with van der Waals surface area (Å²) in [6, 6.07) is 5.64.